The van der Waals surface area contributed by atoms with Gasteiger partial charge in [0.2, 0.25) is 5.91 Å². The van der Waals surface area contributed by atoms with Gasteiger partial charge in [0.05, 0.1) is 6.10 Å². The number of nitrogens with zero attached hydrogens (tertiary/aromatic N) is 1. The SMILES string of the molecule is CC(C)C[C@H](CN)CC(=O)N1C[C@H](O)C[C@@H]1C(=O)O. The van der Waals surface area contributed by atoms with Crippen LogP contribution in [0.25, 0.3) is 0 Å². The molecule has 0 aliphatic carbocycles. The summed E-state index contributed by atoms with van der Waals surface area (Å²) >= 11 is 0. The van der Waals surface area contributed by atoms with E-state index in [1.807, 2.05) is 0 Å². The molecule has 110 valence electrons. The molecular formula is C13H24N2O4. The number of hydrogen-bond acceptors (Lipinski definition) is 4. The largest absolute Gasteiger partial charge is 0.480 e. The van der Waals surface area contributed by atoms with Crippen LogP contribution in [0.1, 0.15) is 33.1 Å². The lowest BCUT2D eigenvalue weighted by atomic mass is 9.93. The van der Waals surface area contributed by atoms with Gasteiger partial charge in [0.1, 0.15) is 6.04 Å². The summed E-state index contributed by atoms with van der Waals surface area (Å²) in [7, 11) is 0. The van der Waals surface area contributed by atoms with E-state index in [9.17, 15) is 14.7 Å². The van der Waals surface area contributed by atoms with E-state index < -0.39 is 18.1 Å². The third kappa shape index (κ3) is 4.47. The maximum absolute atomic E-state index is 12.2. The zero-order valence-corrected chi connectivity index (χ0v) is 11.6. The average molecular weight is 272 g/mol. The zero-order valence-electron chi connectivity index (χ0n) is 11.6. The number of aliphatic hydroxyl groups is 1. The number of carbonyl (C=O) groups excluding carboxylic acids is 1. The normalized spacial score (nSPS) is 24.8. The van der Waals surface area contributed by atoms with Crippen LogP contribution < -0.4 is 5.73 Å². The first-order chi connectivity index (χ1) is 8.85. The highest BCUT2D eigenvalue weighted by Crippen LogP contribution is 2.22. The van der Waals surface area contributed by atoms with Crippen LogP contribution >= 0.6 is 0 Å². The monoisotopic (exact) mass is 272 g/mol. The molecule has 1 aliphatic heterocycles. The Kier molecular flexibility index (Phi) is 5.75. The predicted molar refractivity (Wildman–Crippen MR) is 70.4 cm³/mol. The number of carbonyl (C=O) groups is 2. The van der Waals surface area contributed by atoms with Crippen molar-refractivity contribution in [3.8, 4) is 0 Å². The average Bonchev–Trinajstić information content (AvgIpc) is 2.70. The quantitative estimate of drug-likeness (QED) is 0.633. The van der Waals surface area contributed by atoms with Gasteiger partial charge >= 0.3 is 5.97 Å². The van der Waals surface area contributed by atoms with Gasteiger partial charge in [-0.2, -0.15) is 0 Å². The van der Waals surface area contributed by atoms with Crippen molar-refractivity contribution in [2.75, 3.05) is 13.1 Å². The van der Waals surface area contributed by atoms with Crippen molar-refractivity contribution < 1.29 is 19.8 Å². The molecule has 1 amide bonds. The Morgan fingerprint density at radius 2 is 2.05 bits per heavy atom. The van der Waals surface area contributed by atoms with Crippen molar-refractivity contribution in [1.29, 1.82) is 0 Å². The third-order valence-electron chi connectivity index (χ3n) is 3.49. The van der Waals surface area contributed by atoms with Crippen LogP contribution in [0.4, 0.5) is 0 Å². The molecule has 0 aromatic heterocycles. The lowest BCUT2D eigenvalue weighted by Crippen LogP contribution is -2.41. The maximum atomic E-state index is 12.2. The number of aliphatic carboxylic acids is 1. The van der Waals surface area contributed by atoms with Gasteiger partial charge < -0.3 is 20.8 Å². The van der Waals surface area contributed by atoms with E-state index in [1.165, 1.54) is 4.90 Å². The zero-order chi connectivity index (χ0) is 14.6. The predicted octanol–water partition coefficient (Wildman–Crippen LogP) is 0.0439. The Hall–Kier alpha value is -1.14. The molecule has 3 atom stereocenters. The fourth-order valence-electron chi connectivity index (χ4n) is 2.62. The number of hydrogen-bond donors (Lipinski definition) is 3. The number of aliphatic hydroxyl groups excluding tert-OH is 1. The summed E-state index contributed by atoms with van der Waals surface area (Å²) in [6.07, 6.45) is 0.464. The number of rotatable bonds is 6. The molecule has 1 fully saturated rings. The van der Waals surface area contributed by atoms with Gasteiger partial charge in [0.25, 0.3) is 0 Å². The fourth-order valence-corrected chi connectivity index (χ4v) is 2.62. The highest BCUT2D eigenvalue weighted by Gasteiger charge is 2.39. The van der Waals surface area contributed by atoms with E-state index in [2.05, 4.69) is 13.8 Å². The van der Waals surface area contributed by atoms with E-state index in [0.717, 1.165) is 6.42 Å². The number of carboxylic acid groups (broad SMARTS) is 1. The Morgan fingerprint density at radius 1 is 1.42 bits per heavy atom. The molecule has 1 rings (SSSR count). The number of likely N-dealkylation sites (tertiary alicyclic amines) is 1. The van der Waals surface area contributed by atoms with Crippen LogP contribution in [0.3, 0.4) is 0 Å². The summed E-state index contributed by atoms with van der Waals surface area (Å²) < 4.78 is 0. The summed E-state index contributed by atoms with van der Waals surface area (Å²) in [5.74, 6) is -0.765. The molecular weight excluding hydrogens is 248 g/mol. The second-order valence-corrected chi connectivity index (χ2v) is 5.73. The second kappa shape index (κ2) is 6.86. The van der Waals surface area contributed by atoms with E-state index in [1.54, 1.807) is 0 Å². The molecule has 0 aromatic carbocycles. The molecule has 6 heteroatoms. The van der Waals surface area contributed by atoms with Crippen LogP contribution in [-0.4, -0.2) is 52.2 Å². The van der Waals surface area contributed by atoms with Crippen molar-refractivity contribution in [1.82, 2.24) is 4.90 Å². The van der Waals surface area contributed by atoms with Gasteiger partial charge in [-0.3, -0.25) is 4.79 Å². The minimum absolute atomic E-state index is 0.0692. The molecule has 19 heavy (non-hydrogen) atoms. The lowest BCUT2D eigenvalue weighted by Gasteiger charge is -2.24. The van der Waals surface area contributed by atoms with Gasteiger partial charge in [-0.05, 0) is 24.8 Å². The maximum Gasteiger partial charge on any atom is 0.326 e. The topological polar surface area (TPSA) is 104 Å². The first-order valence-electron chi connectivity index (χ1n) is 6.75. The minimum atomic E-state index is -1.06. The molecule has 0 spiro atoms. The van der Waals surface area contributed by atoms with Crippen molar-refractivity contribution >= 4 is 11.9 Å². The van der Waals surface area contributed by atoms with Gasteiger partial charge in [-0.1, -0.05) is 13.8 Å². The molecule has 1 heterocycles. The van der Waals surface area contributed by atoms with E-state index in [-0.39, 0.29) is 31.2 Å². The Balaban J connectivity index is 2.63. The molecule has 1 aliphatic rings. The first-order valence-corrected chi connectivity index (χ1v) is 6.75. The Bertz CT molecular complexity index is 333. The van der Waals surface area contributed by atoms with Gasteiger partial charge in [-0.15, -0.1) is 0 Å². The molecule has 1 saturated heterocycles. The summed E-state index contributed by atoms with van der Waals surface area (Å²) in [6.45, 7) is 4.65. The third-order valence-corrected chi connectivity index (χ3v) is 3.49. The Labute approximate surface area is 113 Å². The summed E-state index contributed by atoms with van der Waals surface area (Å²) in [5.41, 5.74) is 5.65. The minimum Gasteiger partial charge on any atom is -0.480 e. The number of amides is 1. The smallest absolute Gasteiger partial charge is 0.326 e. The molecule has 0 unspecified atom stereocenters. The van der Waals surface area contributed by atoms with Crippen molar-refractivity contribution in [2.24, 2.45) is 17.6 Å². The summed E-state index contributed by atoms with van der Waals surface area (Å²) in [5, 5.41) is 18.6. The van der Waals surface area contributed by atoms with Crippen LogP contribution in [0, 0.1) is 11.8 Å². The van der Waals surface area contributed by atoms with Gasteiger partial charge in [0, 0.05) is 19.4 Å². The number of carboxylic acids is 1. The first kappa shape index (κ1) is 15.9. The summed E-state index contributed by atoms with van der Waals surface area (Å²) in [4.78, 5) is 24.5. The van der Waals surface area contributed by atoms with E-state index in [0.29, 0.717) is 12.5 Å². The van der Waals surface area contributed by atoms with Crippen molar-refractivity contribution in [2.45, 2.75) is 45.3 Å². The molecule has 0 aromatic rings. The highest BCUT2D eigenvalue weighted by molar-refractivity contribution is 5.84. The van der Waals surface area contributed by atoms with Crippen LogP contribution in [0.2, 0.25) is 0 Å². The van der Waals surface area contributed by atoms with E-state index in [4.69, 9.17) is 10.8 Å². The van der Waals surface area contributed by atoms with Crippen molar-refractivity contribution in [3.63, 3.8) is 0 Å². The van der Waals surface area contributed by atoms with Crippen LogP contribution in [0.15, 0.2) is 0 Å². The van der Waals surface area contributed by atoms with Gasteiger partial charge in [-0.25, -0.2) is 4.79 Å². The summed E-state index contributed by atoms with van der Waals surface area (Å²) in [6, 6.07) is -0.903. The molecule has 6 nitrogen and oxygen atoms in total. The second-order valence-electron chi connectivity index (χ2n) is 5.73. The van der Waals surface area contributed by atoms with Crippen molar-refractivity contribution in [3.05, 3.63) is 0 Å². The van der Waals surface area contributed by atoms with E-state index >= 15 is 0 Å². The van der Waals surface area contributed by atoms with Crippen LogP contribution in [-0.2, 0) is 9.59 Å². The van der Waals surface area contributed by atoms with Gasteiger partial charge in [0.15, 0.2) is 0 Å². The molecule has 0 bridgehead atoms. The standard InChI is InChI=1S/C13H24N2O4/c1-8(2)3-9(6-14)4-12(17)15-7-10(16)5-11(15)13(18)19/h8-11,16H,3-7,14H2,1-2H3,(H,18,19)/t9-,10+,11+/m0/s1. The lowest BCUT2D eigenvalue weighted by molar-refractivity contribution is -0.148. The number of β-amino-alcohol motifs (C(OH)–C–C–N with tert-alkyl or cyclic N) is 1. The highest BCUT2D eigenvalue weighted by atomic mass is 16.4. The number of nitrogens with two attached hydrogens (primary N) is 1. The molecule has 0 radical (unpaired) electrons. The molecule has 4 N–H and O–H groups in total. The fraction of sp³-hybridized carbons (Fsp3) is 0.846. The Morgan fingerprint density at radius 3 is 2.53 bits per heavy atom. The van der Waals surface area contributed by atoms with Crippen LogP contribution in [0.5, 0.6) is 0 Å². The molecule has 0 saturated carbocycles.